The van der Waals surface area contributed by atoms with Crippen molar-refractivity contribution < 1.29 is 0 Å². The second-order valence-electron chi connectivity index (χ2n) is 6.62. The lowest BCUT2D eigenvalue weighted by molar-refractivity contribution is 0.424. The van der Waals surface area contributed by atoms with Crippen LogP contribution < -0.4 is 5.32 Å². The molecule has 0 amide bonds. The second-order valence-corrected chi connectivity index (χ2v) is 7.41. The maximum Gasteiger partial charge on any atom is 0.0743 e. The van der Waals surface area contributed by atoms with Crippen molar-refractivity contribution in [3.8, 4) is 5.69 Å². The zero-order valence-electron chi connectivity index (χ0n) is 13.7. The maximum atomic E-state index is 4.61. The van der Waals surface area contributed by atoms with E-state index in [1.165, 1.54) is 11.1 Å². The zero-order valence-corrected chi connectivity index (χ0v) is 15.3. The van der Waals surface area contributed by atoms with Crippen LogP contribution in [0.15, 0.2) is 22.7 Å². The monoisotopic (exact) mass is 349 g/mol. The van der Waals surface area contributed by atoms with E-state index in [1.807, 2.05) is 11.6 Å². The highest BCUT2D eigenvalue weighted by Crippen LogP contribution is 2.25. The molecule has 1 aromatic heterocycles. The normalized spacial score (nSPS) is 12.0. The number of rotatable bonds is 3. The van der Waals surface area contributed by atoms with Gasteiger partial charge in [-0.2, -0.15) is 5.10 Å². The Balaban J connectivity index is 2.29. The first-order chi connectivity index (χ1) is 9.69. The summed E-state index contributed by atoms with van der Waals surface area (Å²) >= 11 is 3.59. The largest absolute Gasteiger partial charge is 0.308 e. The SMILES string of the molecule is Cc1cc(CNC(C)(C)C)ccc1-n1nc(C)c(Br)c1C. The predicted molar refractivity (Wildman–Crippen MR) is 92.1 cm³/mol. The summed E-state index contributed by atoms with van der Waals surface area (Å²) in [4.78, 5) is 0. The molecule has 0 aliphatic rings. The van der Waals surface area contributed by atoms with E-state index >= 15 is 0 Å². The summed E-state index contributed by atoms with van der Waals surface area (Å²) < 4.78 is 3.09. The summed E-state index contributed by atoms with van der Waals surface area (Å²) in [6, 6.07) is 6.56. The molecule has 0 fully saturated rings. The van der Waals surface area contributed by atoms with Crippen molar-refractivity contribution in [1.82, 2.24) is 15.1 Å². The molecule has 0 bridgehead atoms. The lowest BCUT2D eigenvalue weighted by atomic mass is 10.1. The van der Waals surface area contributed by atoms with Crippen LogP contribution in [-0.4, -0.2) is 15.3 Å². The molecule has 0 aliphatic carbocycles. The van der Waals surface area contributed by atoms with Crippen LogP contribution in [0.3, 0.4) is 0 Å². The van der Waals surface area contributed by atoms with Crippen molar-refractivity contribution >= 4 is 15.9 Å². The summed E-state index contributed by atoms with van der Waals surface area (Å²) in [6.07, 6.45) is 0. The average molecular weight is 350 g/mol. The number of benzene rings is 1. The van der Waals surface area contributed by atoms with Gasteiger partial charge in [-0.05, 0) is 74.7 Å². The average Bonchev–Trinajstić information content (AvgIpc) is 2.63. The quantitative estimate of drug-likeness (QED) is 0.886. The topological polar surface area (TPSA) is 29.9 Å². The van der Waals surface area contributed by atoms with Crippen molar-refractivity contribution in [2.75, 3.05) is 0 Å². The van der Waals surface area contributed by atoms with Gasteiger partial charge in [0.2, 0.25) is 0 Å². The van der Waals surface area contributed by atoms with Gasteiger partial charge in [0.15, 0.2) is 0 Å². The van der Waals surface area contributed by atoms with E-state index in [1.54, 1.807) is 0 Å². The van der Waals surface area contributed by atoms with Crippen LogP contribution in [0.4, 0.5) is 0 Å². The molecule has 1 heterocycles. The minimum absolute atomic E-state index is 0.132. The van der Waals surface area contributed by atoms with Crippen LogP contribution in [-0.2, 0) is 6.54 Å². The third-order valence-electron chi connectivity index (χ3n) is 3.52. The van der Waals surface area contributed by atoms with E-state index < -0.39 is 0 Å². The van der Waals surface area contributed by atoms with Gasteiger partial charge in [0.25, 0.3) is 0 Å². The Hall–Kier alpha value is -1.13. The highest BCUT2D eigenvalue weighted by Gasteiger charge is 2.13. The molecular formula is C17H24BrN3. The van der Waals surface area contributed by atoms with E-state index in [4.69, 9.17) is 0 Å². The minimum atomic E-state index is 0.132. The maximum absolute atomic E-state index is 4.61. The van der Waals surface area contributed by atoms with Crippen LogP contribution in [0.25, 0.3) is 5.69 Å². The van der Waals surface area contributed by atoms with Crippen LogP contribution in [0.2, 0.25) is 0 Å². The zero-order chi connectivity index (χ0) is 15.8. The summed E-state index contributed by atoms with van der Waals surface area (Å²) in [6.45, 7) is 13.7. The van der Waals surface area contributed by atoms with Crippen molar-refractivity contribution in [2.24, 2.45) is 0 Å². The van der Waals surface area contributed by atoms with Crippen molar-refractivity contribution in [3.05, 3.63) is 45.2 Å². The molecule has 0 radical (unpaired) electrons. The van der Waals surface area contributed by atoms with Crippen molar-refractivity contribution in [1.29, 1.82) is 0 Å². The second kappa shape index (κ2) is 5.93. The number of hydrogen-bond acceptors (Lipinski definition) is 2. The van der Waals surface area contributed by atoms with Crippen LogP contribution >= 0.6 is 15.9 Å². The lowest BCUT2D eigenvalue weighted by Gasteiger charge is -2.21. The van der Waals surface area contributed by atoms with Gasteiger partial charge in [0.05, 0.1) is 21.5 Å². The van der Waals surface area contributed by atoms with Crippen LogP contribution in [0.5, 0.6) is 0 Å². The molecule has 2 aromatic rings. The van der Waals surface area contributed by atoms with Gasteiger partial charge in [0, 0.05) is 12.1 Å². The Labute approximate surface area is 135 Å². The molecule has 2 rings (SSSR count). The Morgan fingerprint density at radius 3 is 2.33 bits per heavy atom. The third-order valence-corrected chi connectivity index (χ3v) is 4.66. The van der Waals surface area contributed by atoms with Gasteiger partial charge in [-0.15, -0.1) is 0 Å². The number of aromatic nitrogens is 2. The predicted octanol–water partition coefficient (Wildman–Crippen LogP) is 4.45. The highest BCUT2D eigenvalue weighted by molar-refractivity contribution is 9.10. The molecule has 21 heavy (non-hydrogen) atoms. The number of aryl methyl sites for hydroxylation is 2. The first-order valence-corrected chi connectivity index (χ1v) is 8.05. The molecule has 4 heteroatoms. The summed E-state index contributed by atoms with van der Waals surface area (Å²) in [7, 11) is 0. The van der Waals surface area contributed by atoms with E-state index in [0.717, 1.165) is 28.1 Å². The van der Waals surface area contributed by atoms with Crippen LogP contribution in [0, 0.1) is 20.8 Å². The smallest absolute Gasteiger partial charge is 0.0743 e. The van der Waals surface area contributed by atoms with Gasteiger partial charge in [-0.3, -0.25) is 0 Å². The van der Waals surface area contributed by atoms with Gasteiger partial charge >= 0.3 is 0 Å². The Morgan fingerprint density at radius 1 is 1.19 bits per heavy atom. The first kappa shape index (κ1) is 16.2. The van der Waals surface area contributed by atoms with Gasteiger partial charge in [-0.1, -0.05) is 12.1 Å². The third kappa shape index (κ3) is 3.74. The van der Waals surface area contributed by atoms with Crippen molar-refractivity contribution in [3.63, 3.8) is 0 Å². The van der Waals surface area contributed by atoms with Gasteiger partial charge in [-0.25, -0.2) is 4.68 Å². The van der Waals surface area contributed by atoms with E-state index in [0.29, 0.717) is 0 Å². The standard InChI is InChI=1S/C17H24BrN3/c1-11-9-14(10-19-17(4,5)6)7-8-15(11)21-13(3)16(18)12(2)20-21/h7-9,19H,10H2,1-6H3. The summed E-state index contributed by atoms with van der Waals surface area (Å²) in [5, 5.41) is 8.13. The fraction of sp³-hybridized carbons (Fsp3) is 0.471. The Kier molecular flexibility index (Phi) is 4.59. The summed E-state index contributed by atoms with van der Waals surface area (Å²) in [5.41, 5.74) is 5.96. The molecule has 0 spiro atoms. The van der Waals surface area contributed by atoms with Gasteiger partial charge < -0.3 is 5.32 Å². The molecule has 0 saturated heterocycles. The summed E-state index contributed by atoms with van der Waals surface area (Å²) in [5.74, 6) is 0. The minimum Gasteiger partial charge on any atom is -0.308 e. The molecule has 0 saturated carbocycles. The number of hydrogen-bond donors (Lipinski definition) is 1. The van der Waals surface area contributed by atoms with Crippen LogP contribution in [0.1, 0.15) is 43.3 Å². The van der Waals surface area contributed by atoms with Crippen molar-refractivity contribution in [2.45, 2.75) is 53.6 Å². The van der Waals surface area contributed by atoms with Gasteiger partial charge in [0.1, 0.15) is 0 Å². The lowest BCUT2D eigenvalue weighted by Crippen LogP contribution is -2.35. The number of nitrogens with zero attached hydrogens (tertiary/aromatic N) is 2. The molecular weight excluding hydrogens is 326 g/mol. The molecule has 0 aliphatic heterocycles. The molecule has 114 valence electrons. The fourth-order valence-electron chi connectivity index (χ4n) is 2.29. The molecule has 0 unspecified atom stereocenters. The van der Waals surface area contributed by atoms with E-state index in [-0.39, 0.29) is 5.54 Å². The molecule has 1 N–H and O–H groups in total. The fourth-order valence-corrected chi connectivity index (χ4v) is 2.54. The molecule has 0 atom stereocenters. The highest BCUT2D eigenvalue weighted by atomic mass is 79.9. The number of halogens is 1. The molecule has 3 nitrogen and oxygen atoms in total. The van der Waals surface area contributed by atoms with E-state index in [2.05, 4.69) is 79.2 Å². The molecule has 1 aromatic carbocycles. The number of nitrogens with one attached hydrogen (secondary N) is 1. The first-order valence-electron chi connectivity index (χ1n) is 7.25. The Bertz CT molecular complexity index is 651. The van der Waals surface area contributed by atoms with E-state index in [9.17, 15) is 0 Å². The Morgan fingerprint density at radius 2 is 1.86 bits per heavy atom.